The maximum absolute atomic E-state index is 11.6. The van der Waals surface area contributed by atoms with Gasteiger partial charge in [-0.3, -0.25) is 15.0 Å². The standard InChI is InChI=1S/C13H18N4O2/c1-15-13(19)16-12(18)8-17-6-5-9-3-2-4-11(14)10(9)7-17/h2-4H,5-8,14H2,1H3,(H2,15,16,18,19). The zero-order chi connectivity index (χ0) is 13.8. The van der Waals surface area contributed by atoms with Crippen LogP contribution in [-0.2, 0) is 17.8 Å². The number of imide groups is 1. The summed E-state index contributed by atoms with van der Waals surface area (Å²) in [4.78, 5) is 24.7. The molecule has 4 N–H and O–H groups in total. The van der Waals surface area contributed by atoms with Crippen molar-refractivity contribution in [3.8, 4) is 0 Å². The van der Waals surface area contributed by atoms with Gasteiger partial charge in [-0.1, -0.05) is 12.1 Å². The molecule has 0 fully saturated rings. The molecule has 1 aliphatic rings. The van der Waals surface area contributed by atoms with Crippen molar-refractivity contribution in [2.45, 2.75) is 13.0 Å². The van der Waals surface area contributed by atoms with Gasteiger partial charge in [0.25, 0.3) is 0 Å². The largest absolute Gasteiger partial charge is 0.398 e. The van der Waals surface area contributed by atoms with Crippen molar-refractivity contribution in [2.75, 3.05) is 25.9 Å². The molecular formula is C13H18N4O2. The van der Waals surface area contributed by atoms with E-state index in [9.17, 15) is 9.59 Å². The van der Waals surface area contributed by atoms with E-state index in [0.29, 0.717) is 6.54 Å². The number of carbonyl (C=O) groups excluding carboxylic acids is 2. The number of fused-ring (bicyclic) bond motifs is 1. The molecule has 0 saturated carbocycles. The first-order chi connectivity index (χ1) is 9.10. The summed E-state index contributed by atoms with van der Waals surface area (Å²) in [7, 11) is 1.47. The number of carbonyl (C=O) groups is 2. The molecule has 3 amide bonds. The number of hydrogen-bond donors (Lipinski definition) is 3. The molecule has 2 rings (SSSR count). The Morgan fingerprint density at radius 3 is 2.95 bits per heavy atom. The highest BCUT2D eigenvalue weighted by molar-refractivity contribution is 5.95. The van der Waals surface area contributed by atoms with Crippen molar-refractivity contribution in [2.24, 2.45) is 0 Å². The first-order valence-electron chi connectivity index (χ1n) is 6.20. The fourth-order valence-corrected chi connectivity index (χ4v) is 2.23. The van der Waals surface area contributed by atoms with Crippen LogP contribution in [0.4, 0.5) is 10.5 Å². The molecule has 0 radical (unpaired) electrons. The number of nitrogen functional groups attached to an aromatic ring is 1. The summed E-state index contributed by atoms with van der Waals surface area (Å²) in [6, 6.07) is 5.39. The van der Waals surface area contributed by atoms with Crippen LogP contribution in [0.3, 0.4) is 0 Å². The second kappa shape index (κ2) is 5.71. The number of nitrogens with one attached hydrogen (secondary N) is 2. The zero-order valence-corrected chi connectivity index (χ0v) is 10.9. The Hall–Kier alpha value is -2.08. The third-order valence-corrected chi connectivity index (χ3v) is 3.24. The molecule has 0 unspecified atom stereocenters. The van der Waals surface area contributed by atoms with Crippen molar-refractivity contribution in [1.82, 2.24) is 15.5 Å². The molecule has 0 aliphatic carbocycles. The lowest BCUT2D eigenvalue weighted by atomic mass is 9.98. The van der Waals surface area contributed by atoms with Crippen LogP contribution < -0.4 is 16.4 Å². The number of nitrogens with zero attached hydrogens (tertiary/aromatic N) is 1. The monoisotopic (exact) mass is 262 g/mol. The second-order valence-corrected chi connectivity index (χ2v) is 4.57. The summed E-state index contributed by atoms with van der Waals surface area (Å²) in [6.07, 6.45) is 0.869. The number of hydrogen-bond acceptors (Lipinski definition) is 4. The van der Waals surface area contributed by atoms with Crippen LogP contribution in [0.1, 0.15) is 11.1 Å². The third-order valence-electron chi connectivity index (χ3n) is 3.24. The Labute approximate surface area is 112 Å². The normalized spacial score (nSPS) is 14.6. The smallest absolute Gasteiger partial charge is 0.321 e. The van der Waals surface area contributed by atoms with E-state index >= 15 is 0 Å². The molecule has 19 heavy (non-hydrogen) atoms. The topological polar surface area (TPSA) is 87.5 Å². The Bertz CT molecular complexity index is 501. The van der Waals surface area contributed by atoms with Gasteiger partial charge < -0.3 is 11.1 Å². The van der Waals surface area contributed by atoms with E-state index < -0.39 is 6.03 Å². The second-order valence-electron chi connectivity index (χ2n) is 4.57. The molecule has 0 aromatic heterocycles. The Morgan fingerprint density at radius 1 is 1.42 bits per heavy atom. The van der Waals surface area contributed by atoms with Gasteiger partial charge in [-0.05, 0) is 23.6 Å². The molecule has 0 spiro atoms. The first-order valence-corrected chi connectivity index (χ1v) is 6.20. The lowest BCUT2D eigenvalue weighted by Crippen LogP contribution is -2.44. The predicted octanol–water partition coefficient (Wildman–Crippen LogP) is 0.0825. The van der Waals surface area contributed by atoms with Crippen LogP contribution in [0.5, 0.6) is 0 Å². The average Bonchev–Trinajstić information content (AvgIpc) is 2.39. The molecule has 6 heteroatoms. The summed E-state index contributed by atoms with van der Waals surface area (Å²) < 4.78 is 0. The number of nitrogens with two attached hydrogens (primary N) is 1. The van der Waals surface area contributed by atoms with Gasteiger partial charge in [0, 0.05) is 25.8 Å². The van der Waals surface area contributed by atoms with Gasteiger partial charge in [0.2, 0.25) is 5.91 Å². The van der Waals surface area contributed by atoms with Crippen LogP contribution in [-0.4, -0.2) is 37.0 Å². The Kier molecular flexibility index (Phi) is 4.01. The summed E-state index contributed by atoms with van der Waals surface area (Å²) in [5.41, 5.74) is 9.03. The molecule has 102 valence electrons. The van der Waals surface area contributed by atoms with E-state index in [1.165, 1.54) is 12.6 Å². The van der Waals surface area contributed by atoms with Gasteiger partial charge in [-0.2, -0.15) is 0 Å². The fraction of sp³-hybridized carbons (Fsp3) is 0.385. The molecule has 6 nitrogen and oxygen atoms in total. The lowest BCUT2D eigenvalue weighted by molar-refractivity contribution is -0.121. The van der Waals surface area contributed by atoms with Crippen molar-refractivity contribution in [1.29, 1.82) is 0 Å². The SMILES string of the molecule is CNC(=O)NC(=O)CN1CCc2cccc(N)c2C1. The molecular weight excluding hydrogens is 244 g/mol. The maximum Gasteiger partial charge on any atom is 0.321 e. The number of amides is 3. The molecule has 1 aliphatic heterocycles. The van der Waals surface area contributed by atoms with Crippen molar-refractivity contribution < 1.29 is 9.59 Å². The highest BCUT2D eigenvalue weighted by Gasteiger charge is 2.20. The fourth-order valence-electron chi connectivity index (χ4n) is 2.23. The van der Waals surface area contributed by atoms with Gasteiger partial charge in [0.15, 0.2) is 0 Å². The lowest BCUT2D eigenvalue weighted by Gasteiger charge is -2.28. The minimum atomic E-state index is -0.484. The Morgan fingerprint density at radius 2 is 2.21 bits per heavy atom. The average molecular weight is 262 g/mol. The summed E-state index contributed by atoms with van der Waals surface area (Å²) in [5.74, 6) is -0.308. The highest BCUT2D eigenvalue weighted by Crippen LogP contribution is 2.23. The van der Waals surface area contributed by atoms with Gasteiger partial charge in [0.1, 0.15) is 0 Å². The number of anilines is 1. The van der Waals surface area contributed by atoms with Crippen LogP contribution in [0.15, 0.2) is 18.2 Å². The summed E-state index contributed by atoms with van der Waals surface area (Å²) >= 11 is 0. The molecule has 1 aromatic carbocycles. The molecule has 0 saturated heterocycles. The van der Waals surface area contributed by atoms with Crippen LogP contribution in [0.2, 0.25) is 0 Å². The van der Waals surface area contributed by atoms with Gasteiger partial charge in [0.05, 0.1) is 6.54 Å². The van der Waals surface area contributed by atoms with Gasteiger partial charge in [-0.15, -0.1) is 0 Å². The predicted molar refractivity (Wildman–Crippen MR) is 72.4 cm³/mol. The molecule has 0 atom stereocenters. The zero-order valence-electron chi connectivity index (χ0n) is 10.9. The first kappa shape index (κ1) is 13.4. The molecule has 1 aromatic rings. The van der Waals surface area contributed by atoms with E-state index in [-0.39, 0.29) is 12.5 Å². The minimum Gasteiger partial charge on any atom is -0.398 e. The van der Waals surface area contributed by atoms with Crippen molar-refractivity contribution >= 4 is 17.6 Å². The minimum absolute atomic E-state index is 0.196. The number of urea groups is 1. The molecule has 0 bridgehead atoms. The van der Waals surface area contributed by atoms with E-state index in [4.69, 9.17) is 5.73 Å². The van der Waals surface area contributed by atoms with Crippen LogP contribution in [0.25, 0.3) is 0 Å². The summed E-state index contributed by atoms with van der Waals surface area (Å²) in [6.45, 7) is 1.63. The van der Waals surface area contributed by atoms with Crippen molar-refractivity contribution in [3.63, 3.8) is 0 Å². The van der Waals surface area contributed by atoms with E-state index in [1.54, 1.807) is 0 Å². The summed E-state index contributed by atoms with van der Waals surface area (Å²) in [5, 5.41) is 4.60. The maximum atomic E-state index is 11.6. The van der Waals surface area contributed by atoms with Crippen LogP contribution in [0, 0.1) is 0 Å². The van der Waals surface area contributed by atoms with Crippen LogP contribution >= 0.6 is 0 Å². The highest BCUT2D eigenvalue weighted by atomic mass is 16.2. The van der Waals surface area contributed by atoms with Gasteiger partial charge in [-0.25, -0.2) is 4.79 Å². The van der Waals surface area contributed by atoms with E-state index in [2.05, 4.69) is 16.7 Å². The molecule has 1 heterocycles. The third kappa shape index (κ3) is 3.23. The van der Waals surface area contributed by atoms with E-state index in [1.807, 2.05) is 17.0 Å². The van der Waals surface area contributed by atoms with Crippen molar-refractivity contribution in [3.05, 3.63) is 29.3 Å². The quantitative estimate of drug-likeness (QED) is 0.659. The van der Waals surface area contributed by atoms with Gasteiger partial charge >= 0.3 is 6.03 Å². The van der Waals surface area contributed by atoms with E-state index in [0.717, 1.165) is 24.2 Å². The number of benzene rings is 1. The Balaban J connectivity index is 1.97. The number of rotatable bonds is 2.